The quantitative estimate of drug-likeness (QED) is 0.639. The maximum Gasteiger partial charge on any atom is 0.191 e. The highest BCUT2D eigenvalue weighted by atomic mass is 15.3. The molecule has 0 amide bonds. The predicted octanol–water partition coefficient (Wildman–Crippen LogP) is 2.41. The van der Waals surface area contributed by atoms with Gasteiger partial charge in [-0.25, -0.2) is 4.68 Å². The van der Waals surface area contributed by atoms with Crippen LogP contribution in [0.3, 0.4) is 0 Å². The second-order valence-corrected chi connectivity index (χ2v) is 7.09. The Kier molecular flexibility index (Phi) is 6.28. The number of aromatic nitrogens is 2. The second kappa shape index (κ2) is 8.85. The number of nitrogens with zero attached hydrogens (tertiary/aromatic N) is 4. The van der Waals surface area contributed by atoms with Crippen LogP contribution in [0.2, 0.25) is 0 Å². The maximum absolute atomic E-state index is 4.38. The third-order valence-corrected chi connectivity index (χ3v) is 4.99. The molecule has 1 aromatic carbocycles. The number of likely N-dealkylation sites (tertiary alicyclic amines) is 1. The van der Waals surface area contributed by atoms with Crippen LogP contribution in [0.5, 0.6) is 0 Å². The smallest absolute Gasteiger partial charge is 0.191 e. The Hall–Kier alpha value is -2.34. The van der Waals surface area contributed by atoms with Crippen molar-refractivity contribution < 1.29 is 0 Å². The SMILES string of the molecule is CN=C(NCc1ccc(-n2cccn2)cc1)NC1CCN(C(C)C)CC1. The van der Waals surface area contributed by atoms with E-state index in [9.17, 15) is 0 Å². The summed E-state index contributed by atoms with van der Waals surface area (Å²) in [6.45, 7) is 7.60. The van der Waals surface area contributed by atoms with Crippen LogP contribution in [0.15, 0.2) is 47.7 Å². The first kappa shape index (κ1) is 18.5. The molecule has 1 saturated heterocycles. The topological polar surface area (TPSA) is 57.5 Å². The van der Waals surface area contributed by atoms with Gasteiger partial charge in [-0.2, -0.15) is 5.10 Å². The van der Waals surface area contributed by atoms with Crippen LogP contribution in [0.4, 0.5) is 0 Å². The average Bonchev–Trinajstić information content (AvgIpc) is 3.20. The molecular weight excluding hydrogens is 324 g/mol. The molecule has 0 radical (unpaired) electrons. The fourth-order valence-corrected chi connectivity index (χ4v) is 3.32. The summed E-state index contributed by atoms with van der Waals surface area (Å²) in [5.74, 6) is 0.879. The molecule has 1 aliphatic heterocycles. The Balaban J connectivity index is 1.47. The van der Waals surface area contributed by atoms with Crippen LogP contribution in [0.1, 0.15) is 32.3 Å². The summed E-state index contributed by atoms with van der Waals surface area (Å²) in [4.78, 5) is 6.91. The van der Waals surface area contributed by atoms with E-state index in [4.69, 9.17) is 0 Å². The molecule has 0 aliphatic carbocycles. The first-order chi connectivity index (χ1) is 12.7. The van der Waals surface area contributed by atoms with Crippen LogP contribution in [-0.4, -0.2) is 52.9 Å². The fourth-order valence-electron chi connectivity index (χ4n) is 3.32. The molecule has 0 saturated carbocycles. The Bertz CT molecular complexity index is 682. The van der Waals surface area contributed by atoms with Crippen LogP contribution in [0, 0.1) is 0 Å². The van der Waals surface area contributed by atoms with Gasteiger partial charge in [0.05, 0.1) is 5.69 Å². The highest BCUT2D eigenvalue weighted by Gasteiger charge is 2.21. The Morgan fingerprint density at radius 1 is 1.23 bits per heavy atom. The monoisotopic (exact) mass is 354 g/mol. The number of hydrogen-bond acceptors (Lipinski definition) is 3. The minimum absolute atomic E-state index is 0.499. The minimum Gasteiger partial charge on any atom is -0.354 e. The van der Waals surface area contributed by atoms with Gasteiger partial charge in [-0.3, -0.25) is 4.99 Å². The van der Waals surface area contributed by atoms with Crippen molar-refractivity contribution in [2.75, 3.05) is 20.1 Å². The molecule has 0 bridgehead atoms. The van der Waals surface area contributed by atoms with Crippen molar-refractivity contribution in [1.29, 1.82) is 0 Å². The summed E-state index contributed by atoms with van der Waals surface area (Å²) >= 11 is 0. The number of piperidine rings is 1. The number of nitrogens with one attached hydrogen (secondary N) is 2. The van der Waals surface area contributed by atoms with Crippen molar-refractivity contribution in [2.24, 2.45) is 4.99 Å². The van der Waals surface area contributed by atoms with Gasteiger partial charge in [0, 0.05) is 51.2 Å². The summed E-state index contributed by atoms with van der Waals surface area (Å²) in [7, 11) is 1.83. The van der Waals surface area contributed by atoms with Crippen molar-refractivity contribution in [3.8, 4) is 5.69 Å². The van der Waals surface area contributed by atoms with Gasteiger partial charge in [-0.05, 0) is 50.5 Å². The normalized spacial score (nSPS) is 16.8. The third kappa shape index (κ3) is 4.85. The molecule has 6 heteroatoms. The van der Waals surface area contributed by atoms with Gasteiger partial charge in [0.2, 0.25) is 0 Å². The van der Waals surface area contributed by atoms with Gasteiger partial charge < -0.3 is 15.5 Å². The standard InChI is InChI=1S/C20H30N6/c1-16(2)25-13-9-18(10-14-25)24-20(21-3)22-15-17-5-7-19(8-6-17)26-12-4-11-23-26/h4-8,11-12,16,18H,9-10,13-15H2,1-3H3,(H2,21,22,24). The number of aliphatic imine (C=N–C) groups is 1. The van der Waals surface area contributed by atoms with Crippen molar-refractivity contribution in [3.63, 3.8) is 0 Å². The Morgan fingerprint density at radius 2 is 1.96 bits per heavy atom. The van der Waals surface area contributed by atoms with Gasteiger partial charge in [0.1, 0.15) is 0 Å². The predicted molar refractivity (Wildman–Crippen MR) is 107 cm³/mol. The number of rotatable bonds is 5. The summed E-state index contributed by atoms with van der Waals surface area (Å²) in [5.41, 5.74) is 2.29. The highest BCUT2D eigenvalue weighted by molar-refractivity contribution is 5.79. The fraction of sp³-hybridized carbons (Fsp3) is 0.500. The van der Waals surface area contributed by atoms with Crippen molar-refractivity contribution in [1.82, 2.24) is 25.3 Å². The van der Waals surface area contributed by atoms with Gasteiger partial charge >= 0.3 is 0 Å². The molecule has 0 atom stereocenters. The zero-order valence-electron chi connectivity index (χ0n) is 16.0. The lowest BCUT2D eigenvalue weighted by Gasteiger charge is -2.35. The molecule has 0 unspecified atom stereocenters. The van der Waals surface area contributed by atoms with E-state index >= 15 is 0 Å². The van der Waals surface area contributed by atoms with E-state index < -0.39 is 0 Å². The van der Waals surface area contributed by atoms with E-state index in [1.165, 1.54) is 5.56 Å². The van der Waals surface area contributed by atoms with Gasteiger partial charge in [0.25, 0.3) is 0 Å². The first-order valence-corrected chi connectivity index (χ1v) is 9.46. The zero-order valence-corrected chi connectivity index (χ0v) is 16.0. The number of benzene rings is 1. The molecule has 2 heterocycles. The highest BCUT2D eigenvalue weighted by Crippen LogP contribution is 2.13. The summed E-state index contributed by atoms with van der Waals surface area (Å²) in [6, 6.07) is 11.5. The molecule has 1 aromatic heterocycles. The molecule has 140 valence electrons. The van der Waals surface area contributed by atoms with E-state index in [0.717, 1.165) is 44.1 Å². The van der Waals surface area contributed by atoms with E-state index in [1.54, 1.807) is 6.20 Å². The first-order valence-electron chi connectivity index (χ1n) is 9.46. The van der Waals surface area contributed by atoms with Gasteiger partial charge in [0.15, 0.2) is 5.96 Å². The van der Waals surface area contributed by atoms with E-state index in [1.807, 2.05) is 24.0 Å². The van der Waals surface area contributed by atoms with E-state index in [2.05, 4.69) is 63.7 Å². The van der Waals surface area contributed by atoms with Crippen molar-refractivity contribution >= 4 is 5.96 Å². The van der Waals surface area contributed by atoms with Gasteiger partial charge in [-0.15, -0.1) is 0 Å². The number of hydrogen-bond donors (Lipinski definition) is 2. The lowest BCUT2D eigenvalue weighted by atomic mass is 10.0. The van der Waals surface area contributed by atoms with Crippen molar-refractivity contribution in [2.45, 2.75) is 45.3 Å². The molecule has 26 heavy (non-hydrogen) atoms. The molecule has 2 aromatic rings. The lowest BCUT2D eigenvalue weighted by Crippen LogP contribution is -2.49. The molecule has 1 fully saturated rings. The molecular formula is C20H30N6. The van der Waals surface area contributed by atoms with Crippen LogP contribution >= 0.6 is 0 Å². The van der Waals surface area contributed by atoms with E-state index in [-0.39, 0.29) is 0 Å². The molecule has 6 nitrogen and oxygen atoms in total. The molecule has 1 aliphatic rings. The second-order valence-electron chi connectivity index (χ2n) is 7.09. The van der Waals surface area contributed by atoms with E-state index in [0.29, 0.717) is 12.1 Å². The van der Waals surface area contributed by atoms with Crippen LogP contribution < -0.4 is 10.6 Å². The summed E-state index contributed by atoms with van der Waals surface area (Å²) in [5, 5.41) is 11.2. The summed E-state index contributed by atoms with van der Waals surface area (Å²) < 4.78 is 1.86. The largest absolute Gasteiger partial charge is 0.354 e. The van der Waals surface area contributed by atoms with Crippen molar-refractivity contribution in [3.05, 3.63) is 48.3 Å². The van der Waals surface area contributed by atoms with Gasteiger partial charge in [-0.1, -0.05) is 12.1 Å². The zero-order chi connectivity index (χ0) is 18.4. The minimum atomic E-state index is 0.499. The van der Waals surface area contributed by atoms with Crippen LogP contribution in [-0.2, 0) is 6.54 Å². The maximum atomic E-state index is 4.38. The van der Waals surface area contributed by atoms with Crippen LogP contribution in [0.25, 0.3) is 5.69 Å². The third-order valence-electron chi connectivity index (χ3n) is 4.99. The summed E-state index contributed by atoms with van der Waals surface area (Å²) in [6.07, 6.45) is 6.06. The average molecular weight is 355 g/mol. The number of guanidine groups is 1. The Labute approximate surface area is 156 Å². The molecule has 3 rings (SSSR count). The Morgan fingerprint density at radius 3 is 2.54 bits per heavy atom. The lowest BCUT2D eigenvalue weighted by molar-refractivity contribution is 0.167. The molecule has 2 N–H and O–H groups in total. The molecule has 0 spiro atoms.